The van der Waals surface area contributed by atoms with Gasteiger partial charge in [0.1, 0.15) is 5.75 Å². The number of hydrogen-bond acceptors (Lipinski definition) is 3. The Bertz CT molecular complexity index is 796. The van der Waals surface area contributed by atoms with Crippen molar-refractivity contribution in [3.8, 4) is 5.75 Å². The molecule has 1 N–H and O–H groups in total. The van der Waals surface area contributed by atoms with E-state index in [2.05, 4.69) is 0 Å². The van der Waals surface area contributed by atoms with Crippen molar-refractivity contribution in [2.45, 2.75) is 18.8 Å². The number of carbonyl (C=O) groups is 2. The lowest BCUT2D eigenvalue weighted by atomic mass is 9.89. The molecule has 0 bridgehead atoms. The van der Waals surface area contributed by atoms with Crippen LogP contribution in [0, 0.1) is 5.92 Å². The Morgan fingerprint density at radius 2 is 1.78 bits per heavy atom. The van der Waals surface area contributed by atoms with E-state index in [0.717, 1.165) is 5.56 Å². The molecule has 2 aromatic rings. The maximum absolute atomic E-state index is 12.5. The molecule has 1 aliphatic rings. The first kappa shape index (κ1) is 19.2. The molecule has 0 aliphatic carbocycles. The molecule has 1 fully saturated rings. The van der Waals surface area contributed by atoms with Crippen LogP contribution in [0.15, 0.2) is 54.6 Å². The van der Waals surface area contributed by atoms with Crippen LogP contribution in [0.3, 0.4) is 0 Å². The van der Waals surface area contributed by atoms with Crippen molar-refractivity contribution in [1.82, 2.24) is 4.90 Å². The topological polar surface area (TPSA) is 66.8 Å². The molecule has 1 aliphatic heterocycles. The van der Waals surface area contributed by atoms with Crippen LogP contribution in [-0.2, 0) is 9.59 Å². The molecule has 0 radical (unpaired) electrons. The lowest BCUT2D eigenvalue weighted by Gasteiger charge is -2.16. The third kappa shape index (κ3) is 4.80. The fourth-order valence-electron chi connectivity index (χ4n) is 3.42. The zero-order valence-electron chi connectivity index (χ0n) is 14.9. The lowest BCUT2D eigenvalue weighted by molar-refractivity contribution is -0.141. The zero-order chi connectivity index (χ0) is 19.2. The van der Waals surface area contributed by atoms with Crippen molar-refractivity contribution in [2.75, 3.05) is 19.7 Å². The molecule has 1 heterocycles. The summed E-state index contributed by atoms with van der Waals surface area (Å²) in [6.45, 7) is 1.07. The molecule has 2 atom stereocenters. The molecule has 0 saturated carbocycles. The Hall–Kier alpha value is -2.53. The molecule has 0 aromatic heterocycles. The number of carbonyl (C=O) groups excluding carboxylic acids is 1. The highest BCUT2D eigenvalue weighted by atomic mass is 35.5. The standard InChI is InChI=1S/C21H22ClNO4/c22-18-9-4-5-10-19(18)27-12-6-11-20(24)23-13-16(17(14-23)21(25)26)15-7-2-1-3-8-15/h1-5,7-10,16-17H,6,11-14H2,(H,25,26). The van der Waals surface area contributed by atoms with E-state index >= 15 is 0 Å². The van der Waals surface area contributed by atoms with Gasteiger partial charge in [-0.15, -0.1) is 0 Å². The Morgan fingerprint density at radius 1 is 1.07 bits per heavy atom. The van der Waals surface area contributed by atoms with Crippen LogP contribution in [0.25, 0.3) is 0 Å². The van der Waals surface area contributed by atoms with Crippen molar-refractivity contribution in [1.29, 1.82) is 0 Å². The largest absolute Gasteiger partial charge is 0.492 e. The molecule has 1 saturated heterocycles. The van der Waals surface area contributed by atoms with Gasteiger partial charge in [-0.05, 0) is 24.1 Å². The number of carboxylic acids is 1. The summed E-state index contributed by atoms with van der Waals surface area (Å²) in [6, 6.07) is 16.7. The van der Waals surface area contributed by atoms with Crippen molar-refractivity contribution in [3.05, 3.63) is 65.2 Å². The minimum absolute atomic E-state index is 0.0394. The summed E-state index contributed by atoms with van der Waals surface area (Å²) in [5, 5.41) is 10.1. The second kappa shape index (κ2) is 8.91. The average Bonchev–Trinajstić information content (AvgIpc) is 3.13. The molecule has 1 amide bonds. The van der Waals surface area contributed by atoms with Gasteiger partial charge < -0.3 is 14.7 Å². The monoisotopic (exact) mass is 387 g/mol. The minimum Gasteiger partial charge on any atom is -0.492 e. The SMILES string of the molecule is O=C(O)C1CN(C(=O)CCCOc2ccccc2Cl)CC1c1ccccc1. The van der Waals surface area contributed by atoms with Crippen LogP contribution < -0.4 is 4.74 Å². The molecule has 3 rings (SSSR count). The number of ether oxygens (including phenoxy) is 1. The quantitative estimate of drug-likeness (QED) is 0.733. The molecule has 142 valence electrons. The number of nitrogens with zero attached hydrogens (tertiary/aromatic N) is 1. The van der Waals surface area contributed by atoms with E-state index in [0.29, 0.717) is 36.8 Å². The number of amides is 1. The van der Waals surface area contributed by atoms with Crippen molar-refractivity contribution in [2.24, 2.45) is 5.92 Å². The first-order valence-electron chi connectivity index (χ1n) is 8.99. The number of benzene rings is 2. The van der Waals surface area contributed by atoms with E-state index in [-0.39, 0.29) is 18.4 Å². The number of rotatable bonds is 7. The number of likely N-dealkylation sites (tertiary alicyclic amines) is 1. The van der Waals surface area contributed by atoms with Gasteiger partial charge in [0.05, 0.1) is 17.5 Å². The molecular formula is C21H22ClNO4. The van der Waals surface area contributed by atoms with Crippen molar-refractivity contribution >= 4 is 23.5 Å². The lowest BCUT2D eigenvalue weighted by Crippen LogP contribution is -2.30. The number of hydrogen-bond donors (Lipinski definition) is 1. The van der Waals surface area contributed by atoms with Crippen LogP contribution in [0.1, 0.15) is 24.3 Å². The highest BCUT2D eigenvalue weighted by Gasteiger charge is 2.40. The Balaban J connectivity index is 1.53. The Kier molecular flexibility index (Phi) is 6.35. The highest BCUT2D eigenvalue weighted by molar-refractivity contribution is 6.32. The van der Waals surface area contributed by atoms with Gasteiger partial charge in [0.15, 0.2) is 0 Å². The molecule has 2 unspecified atom stereocenters. The van der Waals surface area contributed by atoms with Crippen LogP contribution in [0.2, 0.25) is 5.02 Å². The molecular weight excluding hydrogens is 366 g/mol. The Morgan fingerprint density at radius 3 is 2.48 bits per heavy atom. The second-order valence-electron chi connectivity index (χ2n) is 6.64. The second-order valence-corrected chi connectivity index (χ2v) is 7.05. The van der Waals surface area contributed by atoms with Gasteiger partial charge in [-0.25, -0.2) is 0 Å². The van der Waals surface area contributed by atoms with Gasteiger partial charge in [-0.2, -0.15) is 0 Å². The molecule has 2 aromatic carbocycles. The molecule has 27 heavy (non-hydrogen) atoms. The van der Waals surface area contributed by atoms with Gasteiger partial charge in [-0.1, -0.05) is 54.1 Å². The summed E-state index contributed by atoms with van der Waals surface area (Å²) in [7, 11) is 0. The van der Waals surface area contributed by atoms with E-state index in [1.165, 1.54) is 0 Å². The van der Waals surface area contributed by atoms with Gasteiger partial charge in [-0.3, -0.25) is 9.59 Å². The van der Waals surface area contributed by atoms with E-state index in [1.54, 1.807) is 17.0 Å². The molecule has 6 heteroatoms. The third-order valence-electron chi connectivity index (χ3n) is 4.85. The number of para-hydroxylation sites is 1. The van der Waals surface area contributed by atoms with Gasteiger partial charge in [0, 0.05) is 25.4 Å². The van der Waals surface area contributed by atoms with E-state index in [1.807, 2.05) is 42.5 Å². The summed E-state index contributed by atoms with van der Waals surface area (Å²) in [5.74, 6) is -1.05. The normalized spacial score (nSPS) is 19.1. The smallest absolute Gasteiger partial charge is 0.308 e. The first-order chi connectivity index (χ1) is 13.1. The number of aliphatic carboxylic acids is 1. The van der Waals surface area contributed by atoms with Crippen molar-refractivity contribution < 1.29 is 19.4 Å². The fourth-order valence-corrected chi connectivity index (χ4v) is 3.61. The Labute approximate surface area is 163 Å². The minimum atomic E-state index is -0.860. The summed E-state index contributed by atoms with van der Waals surface area (Å²) in [5.41, 5.74) is 0.960. The van der Waals surface area contributed by atoms with Gasteiger partial charge >= 0.3 is 5.97 Å². The highest BCUT2D eigenvalue weighted by Crippen LogP contribution is 2.33. The van der Waals surface area contributed by atoms with Crippen LogP contribution in [-0.4, -0.2) is 41.6 Å². The van der Waals surface area contributed by atoms with E-state index in [9.17, 15) is 14.7 Å². The molecule has 5 nitrogen and oxygen atoms in total. The van der Waals surface area contributed by atoms with Crippen LogP contribution in [0.4, 0.5) is 0 Å². The first-order valence-corrected chi connectivity index (χ1v) is 9.37. The predicted octanol–water partition coefficient (Wildman–Crippen LogP) is 3.83. The third-order valence-corrected chi connectivity index (χ3v) is 5.16. The van der Waals surface area contributed by atoms with Gasteiger partial charge in [0.25, 0.3) is 0 Å². The summed E-state index contributed by atoms with van der Waals surface area (Å²) < 4.78 is 5.60. The maximum Gasteiger partial charge on any atom is 0.308 e. The zero-order valence-corrected chi connectivity index (χ0v) is 15.6. The van der Waals surface area contributed by atoms with Crippen molar-refractivity contribution in [3.63, 3.8) is 0 Å². The summed E-state index contributed by atoms with van der Waals surface area (Å²) >= 11 is 6.03. The fraction of sp³-hybridized carbons (Fsp3) is 0.333. The van der Waals surface area contributed by atoms with Gasteiger partial charge in [0.2, 0.25) is 5.91 Å². The molecule has 0 spiro atoms. The predicted molar refractivity (Wildman–Crippen MR) is 103 cm³/mol. The van der Waals surface area contributed by atoms with E-state index < -0.39 is 11.9 Å². The summed E-state index contributed by atoms with van der Waals surface area (Å²) in [4.78, 5) is 25.8. The van der Waals surface area contributed by atoms with E-state index in [4.69, 9.17) is 16.3 Å². The van der Waals surface area contributed by atoms with Crippen LogP contribution in [0.5, 0.6) is 5.75 Å². The maximum atomic E-state index is 12.5. The summed E-state index contributed by atoms with van der Waals surface area (Å²) in [6.07, 6.45) is 0.868. The number of carboxylic acid groups (broad SMARTS) is 1. The van der Waals surface area contributed by atoms with Crippen LogP contribution >= 0.6 is 11.6 Å². The number of halogens is 1. The average molecular weight is 388 g/mol.